The number of hydrogen-bond acceptors (Lipinski definition) is 4. The van der Waals surface area contributed by atoms with Crippen LogP contribution >= 0.6 is 23.4 Å². The lowest BCUT2D eigenvalue weighted by Crippen LogP contribution is -2.42. The van der Waals surface area contributed by atoms with Crippen LogP contribution in [0.2, 0.25) is 5.02 Å². The van der Waals surface area contributed by atoms with E-state index in [0.29, 0.717) is 12.2 Å². The predicted octanol–water partition coefficient (Wildman–Crippen LogP) is 2.50. The zero-order chi connectivity index (χ0) is 15.1. The average molecular weight is 320 g/mol. The van der Waals surface area contributed by atoms with Crippen molar-refractivity contribution >= 4 is 35.2 Å². The molecular formula is C13H15ClFNO3S. The standard InChI is InChI=1S/C13H15ClFNO3S/c1-19-13(18)11(5-6-20-2)16-12(17)9-4-3-8(14)7-10(9)15/h3-4,7,11H,5-6H2,1-2H3,(H,16,17)/t11-/m0/s1. The quantitative estimate of drug-likeness (QED) is 0.819. The van der Waals surface area contributed by atoms with E-state index >= 15 is 0 Å². The summed E-state index contributed by atoms with van der Waals surface area (Å²) in [7, 11) is 1.24. The maximum atomic E-state index is 13.6. The Hall–Kier alpha value is -1.27. The molecule has 0 fully saturated rings. The minimum Gasteiger partial charge on any atom is -0.467 e. The summed E-state index contributed by atoms with van der Waals surface area (Å²) in [6.07, 6.45) is 2.30. The van der Waals surface area contributed by atoms with Crippen LogP contribution in [0.3, 0.4) is 0 Å². The first-order valence-corrected chi connectivity index (χ1v) is 7.59. The summed E-state index contributed by atoms with van der Waals surface area (Å²) < 4.78 is 18.2. The lowest BCUT2D eigenvalue weighted by atomic mass is 10.1. The number of methoxy groups -OCH3 is 1. The highest BCUT2D eigenvalue weighted by Gasteiger charge is 2.23. The van der Waals surface area contributed by atoms with Gasteiger partial charge in [-0.1, -0.05) is 11.6 Å². The Balaban J connectivity index is 2.81. The highest BCUT2D eigenvalue weighted by molar-refractivity contribution is 7.98. The topological polar surface area (TPSA) is 55.4 Å². The van der Waals surface area contributed by atoms with Crippen molar-refractivity contribution in [2.45, 2.75) is 12.5 Å². The van der Waals surface area contributed by atoms with Gasteiger partial charge in [-0.25, -0.2) is 9.18 Å². The molecule has 0 heterocycles. The lowest BCUT2D eigenvalue weighted by molar-refractivity contribution is -0.142. The van der Waals surface area contributed by atoms with E-state index in [1.807, 2.05) is 6.26 Å². The van der Waals surface area contributed by atoms with E-state index in [-0.39, 0.29) is 10.6 Å². The van der Waals surface area contributed by atoms with E-state index < -0.39 is 23.7 Å². The fourth-order valence-electron chi connectivity index (χ4n) is 1.54. The maximum absolute atomic E-state index is 13.6. The molecule has 1 aromatic carbocycles. The largest absolute Gasteiger partial charge is 0.467 e. The predicted molar refractivity (Wildman–Crippen MR) is 77.7 cm³/mol. The second kappa shape index (κ2) is 8.11. The number of hydrogen-bond donors (Lipinski definition) is 1. The minimum absolute atomic E-state index is 0.160. The van der Waals surface area contributed by atoms with Gasteiger partial charge in [-0.3, -0.25) is 4.79 Å². The van der Waals surface area contributed by atoms with Crippen LogP contribution in [0.15, 0.2) is 18.2 Å². The smallest absolute Gasteiger partial charge is 0.328 e. The molecule has 0 aliphatic heterocycles. The number of amides is 1. The first-order valence-electron chi connectivity index (χ1n) is 5.82. The van der Waals surface area contributed by atoms with Crippen LogP contribution in [-0.2, 0) is 9.53 Å². The van der Waals surface area contributed by atoms with E-state index in [2.05, 4.69) is 10.1 Å². The van der Waals surface area contributed by atoms with Gasteiger partial charge in [-0.15, -0.1) is 0 Å². The van der Waals surface area contributed by atoms with Gasteiger partial charge in [0.2, 0.25) is 0 Å². The van der Waals surface area contributed by atoms with Crippen LogP contribution in [0.25, 0.3) is 0 Å². The minimum atomic E-state index is -0.796. The van der Waals surface area contributed by atoms with Crippen molar-refractivity contribution in [3.8, 4) is 0 Å². The number of thioether (sulfide) groups is 1. The summed E-state index contributed by atoms with van der Waals surface area (Å²) >= 11 is 7.16. The van der Waals surface area contributed by atoms with Crippen LogP contribution in [0.4, 0.5) is 4.39 Å². The Labute approximate surface area is 126 Å². The monoisotopic (exact) mass is 319 g/mol. The molecule has 0 saturated heterocycles. The summed E-state index contributed by atoms with van der Waals surface area (Å²) in [6, 6.07) is 2.94. The first kappa shape index (κ1) is 16.8. The van der Waals surface area contributed by atoms with Gasteiger partial charge < -0.3 is 10.1 Å². The second-order valence-corrected chi connectivity index (χ2v) is 5.38. The molecule has 1 aromatic rings. The third kappa shape index (κ3) is 4.68. The molecule has 0 bridgehead atoms. The third-order valence-corrected chi connectivity index (χ3v) is 3.46. The summed E-state index contributed by atoms with van der Waals surface area (Å²) in [5.74, 6) is -1.29. The number of esters is 1. The van der Waals surface area contributed by atoms with E-state index in [1.165, 1.54) is 31.0 Å². The van der Waals surface area contributed by atoms with Crippen molar-refractivity contribution in [3.05, 3.63) is 34.6 Å². The number of carbonyl (C=O) groups is 2. The van der Waals surface area contributed by atoms with Crippen LogP contribution in [0.5, 0.6) is 0 Å². The summed E-state index contributed by atoms with van der Waals surface area (Å²) in [6.45, 7) is 0. The first-order chi connectivity index (χ1) is 9.49. The average Bonchev–Trinajstić information content (AvgIpc) is 2.42. The van der Waals surface area contributed by atoms with Gasteiger partial charge in [-0.05, 0) is 36.6 Å². The van der Waals surface area contributed by atoms with Gasteiger partial charge in [0.15, 0.2) is 0 Å². The molecule has 110 valence electrons. The van der Waals surface area contributed by atoms with Crippen molar-refractivity contribution in [3.63, 3.8) is 0 Å². The van der Waals surface area contributed by atoms with E-state index in [4.69, 9.17) is 11.6 Å². The fraction of sp³-hybridized carbons (Fsp3) is 0.385. The van der Waals surface area contributed by atoms with Crippen molar-refractivity contribution in [1.29, 1.82) is 0 Å². The lowest BCUT2D eigenvalue weighted by Gasteiger charge is -2.16. The van der Waals surface area contributed by atoms with E-state index in [1.54, 1.807) is 0 Å². The van der Waals surface area contributed by atoms with Crippen LogP contribution < -0.4 is 5.32 Å². The normalized spacial score (nSPS) is 11.8. The van der Waals surface area contributed by atoms with Gasteiger partial charge in [0.05, 0.1) is 12.7 Å². The van der Waals surface area contributed by atoms with E-state index in [0.717, 1.165) is 6.07 Å². The molecule has 0 aliphatic rings. The molecular weight excluding hydrogens is 305 g/mol. The number of nitrogens with one attached hydrogen (secondary N) is 1. The molecule has 1 rings (SSSR count). The molecule has 1 atom stereocenters. The number of benzene rings is 1. The Morgan fingerprint density at radius 2 is 2.20 bits per heavy atom. The zero-order valence-electron chi connectivity index (χ0n) is 11.1. The van der Waals surface area contributed by atoms with Crippen LogP contribution in [0, 0.1) is 5.82 Å². The Morgan fingerprint density at radius 3 is 2.75 bits per heavy atom. The SMILES string of the molecule is COC(=O)[C@H](CCSC)NC(=O)c1ccc(Cl)cc1F. The maximum Gasteiger partial charge on any atom is 0.328 e. The van der Waals surface area contributed by atoms with Gasteiger partial charge in [0.25, 0.3) is 5.91 Å². The van der Waals surface area contributed by atoms with E-state index in [9.17, 15) is 14.0 Å². The fourth-order valence-corrected chi connectivity index (χ4v) is 2.17. The molecule has 1 amide bonds. The van der Waals surface area contributed by atoms with Gasteiger partial charge in [0.1, 0.15) is 11.9 Å². The summed E-state index contributed by atoms with van der Waals surface area (Å²) in [5.41, 5.74) is -0.160. The molecule has 20 heavy (non-hydrogen) atoms. The highest BCUT2D eigenvalue weighted by Crippen LogP contribution is 2.15. The van der Waals surface area contributed by atoms with Crippen molar-refractivity contribution in [2.24, 2.45) is 0 Å². The van der Waals surface area contributed by atoms with Gasteiger partial charge in [-0.2, -0.15) is 11.8 Å². The second-order valence-electron chi connectivity index (χ2n) is 3.95. The number of carbonyl (C=O) groups excluding carboxylic acids is 2. The highest BCUT2D eigenvalue weighted by atomic mass is 35.5. The number of ether oxygens (including phenoxy) is 1. The Morgan fingerprint density at radius 1 is 1.50 bits per heavy atom. The van der Waals surface area contributed by atoms with Crippen molar-refractivity contribution < 1.29 is 18.7 Å². The molecule has 0 spiro atoms. The van der Waals surface area contributed by atoms with Crippen LogP contribution in [0.1, 0.15) is 16.8 Å². The molecule has 0 aliphatic carbocycles. The van der Waals surface area contributed by atoms with Crippen molar-refractivity contribution in [1.82, 2.24) is 5.32 Å². The van der Waals surface area contributed by atoms with Gasteiger partial charge >= 0.3 is 5.97 Å². The number of halogens is 2. The molecule has 0 aromatic heterocycles. The molecule has 7 heteroatoms. The Kier molecular flexibility index (Phi) is 6.81. The third-order valence-electron chi connectivity index (χ3n) is 2.58. The molecule has 0 unspecified atom stereocenters. The molecule has 4 nitrogen and oxygen atoms in total. The van der Waals surface area contributed by atoms with Crippen LogP contribution in [-0.4, -0.2) is 37.0 Å². The Bertz CT molecular complexity index is 499. The van der Waals surface area contributed by atoms with Crippen molar-refractivity contribution in [2.75, 3.05) is 19.1 Å². The van der Waals surface area contributed by atoms with Gasteiger partial charge in [0, 0.05) is 5.02 Å². The number of rotatable bonds is 6. The molecule has 1 N–H and O–H groups in total. The summed E-state index contributed by atoms with van der Waals surface area (Å²) in [5, 5.41) is 2.67. The summed E-state index contributed by atoms with van der Waals surface area (Å²) in [4.78, 5) is 23.5. The molecule has 0 saturated carbocycles. The molecule has 0 radical (unpaired) electrons. The zero-order valence-corrected chi connectivity index (χ0v) is 12.7.